The molecular formula is C13H19NO4S. The van der Waals surface area contributed by atoms with Crippen LogP contribution < -0.4 is 4.72 Å². The fraction of sp³-hybridized carbons (Fsp3) is 0.462. The van der Waals surface area contributed by atoms with Crippen molar-refractivity contribution in [1.82, 2.24) is 4.72 Å². The first kappa shape index (κ1) is 15.7. The van der Waals surface area contributed by atoms with E-state index >= 15 is 0 Å². The zero-order valence-electron chi connectivity index (χ0n) is 11.3. The van der Waals surface area contributed by atoms with E-state index in [-0.39, 0.29) is 5.41 Å². The summed E-state index contributed by atoms with van der Waals surface area (Å²) < 4.78 is 26.0. The largest absolute Gasteiger partial charge is 0.480 e. The Morgan fingerprint density at radius 1 is 1.26 bits per heavy atom. The van der Waals surface area contributed by atoms with Gasteiger partial charge in [-0.3, -0.25) is 4.79 Å². The molecule has 0 saturated carbocycles. The van der Waals surface area contributed by atoms with Crippen LogP contribution in [0.15, 0.2) is 30.3 Å². The van der Waals surface area contributed by atoms with Gasteiger partial charge in [0.2, 0.25) is 10.0 Å². The van der Waals surface area contributed by atoms with Gasteiger partial charge in [-0.15, -0.1) is 0 Å². The first-order valence-corrected chi connectivity index (χ1v) is 7.54. The van der Waals surface area contributed by atoms with E-state index in [9.17, 15) is 13.2 Å². The summed E-state index contributed by atoms with van der Waals surface area (Å²) in [5.41, 5.74) is 0.441. The van der Waals surface area contributed by atoms with Gasteiger partial charge in [-0.2, -0.15) is 0 Å². The van der Waals surface area contributed by atoms with E-state index in [1.165, 1.54) is 0 Å². The fourth-order valence-corrected chi connectivity index (χ4v) is 3.03. The van der Waals surface area contributed by atoms with Crippen LogP contribution in [0.4, 0.5) is 0 Å². The third kappa shape index (κ3) is 5.00. The molecule has 0 fully saturated rings. The summed E-state index contributed by atoms with van der Waals surface area (Å²) in [4.78, 5) is 10.6. The van der Waals surface area contributed by atoms with E-state index in [1.54, 1.807) is 0 Å². The van der Waals surface area contributed by atoms with Gasteiger partial charge in [-0.05, 0) is 11.0 Å². The van der Waals surface area contributed by atoms with Crippen LogP contribution in [0.5, 0.6) is 0 Å². The monoisotopic (exact) mass is 285 g/mol. The Hall–Kier alpha value is -1.40. The lowest BCUT2D eigenvalue weighted by Crippen LogP contribution is -2.39. The van der Waals surface area contributed by atoms with Crippen molar-refractivity contribution in [1.29, 1.82) is 0 Å². The minimum Gasteiger partial charge on any atom is -0.480 e. The molecule has 0 radical (unpaired) electrons. The Morgan fingerprint density at radius 2 is 1.79 bits per heavy atom. The van der Waals surface area contributed by atoms with Crippen LogP contribution in [0.3, 0.4) is 0 Å². The highest BCUT2D eigenvalue weighted by molar-refractivity contribution is 7.90. The van der Waals surface area contributed by atoms with Crippen molar-refractivity contribution in [2.75, 3.05) is 5.75 Å². The maximum absolute atomic E-state index is 11.8. The van der Waals surface area contributed by atoms with E-state index in [2.05, 4.69) is 4.72 Å². The topological polar surface area (TPSA) is 83.5 Å². The summed E-state index contributed by atoms with van der Waals surface area (Å²) in [6.45, 7) is 5.69. The second kappa shape index (κ2) is 5.71. The van der Waals surface area contributed by atoms with Crippen molar-refractivity contribution in [2.45, 2.75) is 26.8 Å². The summed E-state index contributed by atoms with van der Waals surface area (Å²) in [5.74, 6) is -2.29. The second-order valence-electron chi connectivity index (χ2n) is 5.48. The Kier molecular flexibility index (Phi) is 4.70. The first-order valence-electron chi connectivity index (χ1n) is 5.88. The van der Waals surface area contributed by atoms with Crippen LogP contribution in [-0.4, -0.2) is 25.2 Å². The average molecular weight is 285 g/mol. The molecule has 0 aliphatic heterocycles. The average Bonchev–Trinajstić information content (AvgIpc) is 2.24. The van der Waals surface area contributed by atoms with Gasteiger partial charge in [0.05, 0.1) is 6.04 Å². The van der Waals surface area contributed by atoms with Crippen molar-refractivity contribution in [2.24, 2.45) is 5.41 Å². The van der Waals surface area contributed by atoms with Gasteiger partial charge in [0.25, 0.3) is 0 Å². The SMILES string of the molecule is CC(C)(C)C(NS(=O)(=O)CC(=O)O)c1ccccc1. The number of carboxylic acids is 1. The van der Waals surface area contributed by atoms with Gasteiger partial charge >= 0.3 is 5.97 Å². The molecule has 1 unspecified atom stereocenters. The molecule has 1 rings (SSSR count). The van der Waals surface area contributed by atoms with Gasteiger partial charge in [0.15, 0.2) is 5.75 Å². The molecule has 0 spiro atoms. The van der Waals surface area contributed by atoms with Crippen LogP contribution in [-0.2, 0) is 14.8 Å². The number of rotatable bonds is 5. The lowest BCUT2D eigenvalue weighted by molar-refractivity contribution is -0.134. The Bertz CT molecular complexity index is 532. The lowest BCUT2D eigenvalue weighted by Gasteiger charge is -2.31. The molecule has 1 atom stereocenters. The molecule has 0 aliphatic rings. The third-order valence-corrected chi connectivity index (χ3v) is 3.83. The first-order chi connectivity index (χ1) is 8.62. The minimum atomic E-state index is -3.86. The van der Waals surface area contributed by atoms with Crippen LogP contribution in [0.2, 0.25) is 0 Å². The van der Waals surface area contributed by atoms with Crippen molar-refractivity contribution < 1.29 is 18.3 Å². The standard InChI is InChI=1S/C13H19NO4S/c1-13(2,3)12(10-7-5-4-6-8-10)14-19(17,18)9-11(15)16/h4-8,12,14H,9H2,1-3H3,(H,15,16). The van der Waals surface area contributed by atoms with Crippen LogP contribution in [0, 0.1) is 5.41 Å². The highest BCUT2D eigenvalue weighted by atomic mass is 32.2. The predicted octanol–water partition coefficient (Wildman–Crippen LogP) is 1.78. The predicted molar refractivity (Wildman–Crippen MR) is 73.2 cm³/mol. The fourth-order valence-electron chi connectivity index (χ4n) is 1.77. The number of nitrogens with one attached hydrogen (secondary N) is 1. The third-order valence-electron chi connectivity index (χ3n) is 2.61. The molecule has 106 valence electrons. The lowest BCUT2D eigenvalue weighted by atomic mass is 9.83. The van der Waals surface area contributed by atoms with Crippen molar-refractivity contribution in [3.63, 3.8) is 0 Å². The zero-order chi connectivity index (χ0) is 14.7. The Balaban J connectivity index is 3.05. The summed E-state index contributed by atoms with van der Waals surface area (Å²) >= 11 is 0. The number of hydrogen-bond donors (Lipinski definition) is 2. The highest BCUT2D eigenvalue weighted by Gasteiger charge is 2.31. The zero-order valence-corrected chi connectivity index (χ0v) is 12.1. The summed E-state index contributed by atoms with van der Waals surface area (Å²) in [7, 11) is -3.86. The molecule has 6 heteroatoms. The quantitative estimate of drug-likeness (QED) is 0.863. The minimum absolute atomic E-state index is 0.368. The van der Waals surface area contributed by atoms with Gasteiger partial charge < -0.3 is 5.11 Å². The van der Waals surface area contributed by atoms with Gasteiger partial charge in [0, 0.05) is 0 Å². The number of hydrogen-bond acceptors (Lipinski definition) is 3. The highest BCUT2D eigenvalue weighted by Crippen LogP contribution is 2.33. The maximum atomic E-state index is 11.8. The molecule has 5 nitrogen and oxygen atoms in total. The molecule has 0 aromatic heterocycles. The smallest absolute Gasteiger partial charge is 0.320 e. The van der Waals surface area contributed by atoms with Gasteiger partial charge in [-0.25, -0.2) is 13.1 Å². The molecule has 0 bridgehead atoms. The summed E-state index contributed by atoms with van der Waals surface area (Å²) in [6.07, 6.45) is 0. The number of sulfonamides is 1. The molecule has 0 amide bonds. The number of aliphatic carboxylic acids is 1. The van der Waals surface area contributed by atoms with Crippen LogP contribution >= 0.6 is 0 Å². The van der Waals surface area contributed by atoms with E-state index in [1.807, 2.05) is 51.1 Å². The molecule has 19 heavy (non-hydrogen) atoms. The molecule has 1 aromatic carbocycles. The molecule has 0 heterocycles. The van der Waals surface area contributed by atoms with E-state index < -0.39 is 27.8 Å². The number of benzene rings is 1. The number of carbonyl (C=O) groups is 1. The van der Waals surface area contributed by atoms with E-state index in [0.717, 1.165) is 5.56 Å². The van der Waals surface area contributed by atoms with E-state index in [0.29, 0.717) is 0 Å². The van der Waals surface area contributed by atoms with Crippen molar-refractivity contribution in [3.8, 4) is 0 Å². The summed E-state index contributed by atoms with van der Waals surface area (Å²) in [5, 5.41) is 8.62. The molecule has 0 aliphatic carbocycles. The molecular weight excluding hydrogens is 266 g/mol. The summed E-state index contributed by atoms with van der Waals surface area (Å²) in [6, 6.07) is 8.64. The van der Waals surface area contributed by atoms with Crippen molar-refractivity contribution >= 4 is 16.0 Å². The van der Waals surface area contributed by atoms with Crippen LogP contribution in [0.25, 0.3) is 0 Å². The maximum Gasteiger partial charge on any atom is 0.320 e. The van der Waals surface area contributed by atoms with Gasteiger partial charge in [0.1, 0.15) is 0 Å². The van der Waals surface area contributed by atoms with E-state index in [4.69, 9.17) is 5.11 Å². The number of carboxylic acid groups (broad SMARTS) is 1. The van der Waals surface area contributed by atoms with Gasteiger partial charge in [-0.1, -0.05) is 51.1 Å². The molecule has 0 saturated heterocycles. The van der Waals surface area contributed by atoms with Crippen molar-refractivity contribution in [3.05, 3.63) is 35.9 Å². The molecule has 2 N–H and O–H groups in total. The Morgan fingerprint density at radius 3 is 2.21 bits per heavy atom. The van der Waals surface area contributed by atoms with Crippen LogP contribution in [0.1, 0.15) is 32.4 Å². The molecule has 1 aromatic rings. The Labute approximate surface area is 113 Å². The second-order valence-corrected chi connectivity index (χ2v) is 7.23. The normalized spacial score (nSPS) is 14.1.